The molecule has 0 saturated heterocycles. The van der Waals surface area contributed by atoms with Gasteiger partial charge in [0.1, 0.15) is 0 Å². The van der Waals surface area contributed by atoms with E-state index < -0.39 is 10.0 Å². The summed E-state index contributed by atoms with van der Waals surface area (Å²) in [6.45, 7) is 5.83. The molecule has 0 amide bonds. The molecule has 21 heavy (non-hydrogen) atoms. The van der Waals surface area contributed by atoms with Crippen LogP contribution in [0.15, 0.2) is 22.5 Å². The van der Waals surface area contributed by atoms with E-state index in [4.69, 9.17) is 0 Å². The number of aromatic nitrogens is 2. The first-order chi connectivity index (χ1) is 10.0. The van der Waals surface area contributed by atoms with Crippen LogP contribution in [0.3, 0.4) is 0 Å². The second kappa shape index (κ2) is 7.17. The van der Waals surface area contributed by atoms with Crippen LogP contribution in [0.5, 0.6) is 0 Å². The minimum absolute atomic E-state index is 0.240. The maximum atomic E-state index is 12.2. The molecule has 2 aromatic heterocycles. The predicted octanol–water partition coefficient (Wildman–Crippen LogP) is 1.76. The number of thiophene rings is 1. The Kier molecular flexibility index (Phi) is 5.51. The van der Waals surface area contributed by atoms with Crippen molar-refractivity contribution in [2.75, 3.05) is 6.54 Å². The van der Waals surface area contributed by atoms with Crippen molar-refractivity contribution in [3.8, 4) is 0 Å². The lowest BCUT2D eigenvalue weighted by atomic mass is 10.3. The van der Waals surface area contributed by atoms with Crippen molar-refractivity contribution in [3.63, 3.8) is 0 Å². The van der Waals surface area contributed by atoms with E-state index in [2.05, 4.69) is 27.2 Å². The Labute approximate surface area is 129 Å². The topological polar surface area (TPSA) is 86.9 Å². The van der Waals surface area contributed by atoms with Crippen LogP contribution in [0.2, 0.25) is 0 Å². The summed E-state index contributed by atoms with van der Waals surface area (Å²) in [5.74, 6) is 0. The van der Waals surface area contributed by atoms with Crippen LogP contribution in [-0.4, -0.2) is 25.2 Å². The largest absolute Gasteiger partial charge is 0.312 e. The summed E-state index contributed by atoms with van der Waals surface area (Å²) in [5.41, 5.74) is 1.71. The van der Waals surface area contributed by atoms with Gasteiger partial charge >= 0.3 is 0 Å². The third kappa shape index (κ3) is 4.37. The Balaban J connectivity index is 1.97. The highest BCUT2D eigenvalue weighted by atomic mass is 32.2. The molecule has 2 heterocycles. The van der Waals surface area contributed by atoms with Gasteiger partial charge in [0.05, 0.1) is 11.1 Å². The van der Waals surface area contributed by atoms with Crippen molar-refractivity contribution in [2.45, 2.75) is 38.3 Å². The molecule has 0 saturated carbocycles. The maximum Gasteiger partial charge on any atom is 0.241 e. The first-order valence-corrected chi connectivity index (χ1v) is 9.16. The van der Waals surface area contributed by atoms with Gasteiger partial charge in [0, 0.05) is 34.6 Å². The molecule has 0 aromatic carbocycles. The highest BCUT2D eigenvalue weighted by Crippen LogP contribution is 2.19. The molecular formula is C13H20N4O2S2. The van der Waals surface area contributed by atoms with Crippen LogP contribution in [0.4, 0.5) is 0 Å². The normalized spacial score (nSPS) is 11.9. The number of hydrogen-bond donors (Lipinski definition) is 3. The fraction of sp³-hybridized carbons (Fsp3) is 0.462. The molecule has 0 bridgehead atoms. The molecule has 0 aliphatic heterocycles. The van der Waals surface area contributed by atoms with Crippen LogP contribution < -0.4 is 10.0 Å². The third-order valence-corrected chi connectivity index (χ3v) is 5.52. The first-order valence-electron chi connectivity index (χ1n) is 6.79. The molecule has 3 N–H and O–H groups in total. The summed E-state index contributed by atoms with van der Waals surface area (Å²) >= 11 is 1.45. The van der Waals surface area contributed by atoms with Gasteiger partial charge in [-0.05, 0) is 26.0 Å². The highest BCUT2D eigenvalue weighted by Gasteiger charge is 2.16. The molecule has 0 spiro atoms. The molecule has 2 aromatic rings. The van der Waals surface area contributed by atoms with E-state index in [-0.39, 0.29) is 6.54 Å². The minimum atomic E-state index is -3.47. The maximum absolute atomic E-state index is 12.2. The summed E-state index contributed by atoms with van der Waals surface area (Å²) in [6.07, 6.45) is 2.69. The summed E-state index contributed by atoms with van der Waals surface area (Å²) in [6, 6.07) is 1.72. The van der Waals surface area contributed by atoms with Crippen molar-refractivity contribution in [1.82, 2.24) is 20.2 Å². The van der Waals surface area contributed by atoms with Gasteiger partial charge in [-0.3, -0.25) is 5.10 Å². The van der Waals surface area contributed by atoms with E-state index in [1.54, 1.807) is 17.6 Å². The summed E-state index contributed by atoms with van der Waals surface area (Å²) in [5, 5.41) is 11.6. The fourth-order valence-electron chi connectivity index (χ4n) is 1.79. The second-order valence-electron chi connectivity index (χ2n) is 4.77. The molecule has 116 valence electrons. The smallest absolute Gasteiger partial charge is 0.241 e. The number of nitrogens with zero attached hydrogens (tertiary/aromatic N) is 1. The van der Waals surface area contributed by atoms with Crippen molar-refractivity contribution >= 4 is 21.4 Å². The van der Waals surface area contributed by atoms with Gasteiger partial charge in [0.2, 0.25) is 10.0 Å². The number of aromatic amines is 1. The van der Waals surface area contributed by atoms with Gasteiger partial charge < -0.3 is 5.32 Å². The zero-order valence-corrected chi connectivity index (χ0v) is 13.8. The van der Waals surface area contributed by atoms with E-state index in [1.165, 1.54) is 11.3 Å². The van der Waals surface area contributed by atoms with E-state index in [9.17, 15) is 8.42 Å². The minimum Gasteiger partial charge on any atom is -0.312 e. The van der Waals surface area contributed by atoms with E-state index in [1.807, 2.05) is 6.92 Å². The Hall–Kier alpha value is -1.22. The van der Waals surface area contributed by atoms with E-state index in [0.29, 0.717) is 11.4 Å². The molecule has 8 heteroatoms. The summed E-state index contributed by atoms with van der Waals surface area (Å²) in [7, 11) is -3.47. The molecule has 0 atom stereocenters. The Morgan fingerprint density at radius 1 is 1.38 bits per heavy atom. The molecule has 0 unspecified atom stereocenters. The molecule has 0 radical (unpaired) electrons. The zero-order valence-electron chi connectivity index (χ0n) is 12.1. The SMILES string of the molecule is CCCNCc1cc(S(=O)(=O)NCc2cn[nH]c2C)cs1. The van der Waals surface area contributed by atoms with Crippen molar-refractivity contribution in [1.29, 1.82) is 0 Å². The van der Waals surface area contributed by atoms with Crippen LogP contribution in [0.25, 0.3) is 0 Å². The average Bonchev–Trinajstić information content (AvgIpc) is 3.06. The molecule has 2 rings (SSSR count). The van der Waals surface area contributed by atoms with Crippen molar-refractivity contribution < 1.29 is 8.42 Å². The van der Waals surface area contributed by atoms with Gasteiger partial charge in [-0.25, -0.2) is 13.1 Å². The van der Waals surface area contributed by atoms with E-state index in [0.717, 1.165) is 29.1 Å². The quantitative estimate of drug-likeness (QED) is 0.644. The molecule has 6 nitrogen and oxygen atoms in total. The average molecular weight is 328 g/mol. The van der Waals surface area contributed by atoms with Crippen LogP contribution in [-0.2, 0) is 23.1 Å². The lowest BCUT2D eigenvalue weighted by Gasteiger charge is -2.04. The number of sulfonamides is 1. The second-order valence-corrected chi connectivity index (χ2v) is 7.53. The Bertz CT molecular complexity index is 676. The predicted molar refractivity (Wildman–Crippen MR) is 83.7 cm³/mol. The third-order valence-electron chi connectivity index (χ3n) is 3.05. The Morgan fingerprint density at radius 2 is 2.19 bits per heavy atom. The first kappa shape index (κ1) is 16.2. The highest BCUT2D eigenvalue weighted by molar-refractivity contribution is 7.89. The lowest BCUT2D eigenvalue weighted by molar-refractivity contribution is 0.581. The van der Waals surface area contributed by atoms with Gasteiger partial charge in [-0.1, -0.05) is 6.92 Å². The van der Waals surface area contributed by atoms with E-state index >= 15 is 0 Å². The van der Waals surface area contributed by atoms with Crippen molar-refractivity contribution in [3.05, 3.63) is 33.8 Å². The lowest BCUT2D eigenvalue weighted by Crippen LogP contribution is -2.23. The van der Waals surface area contributed by atoms with Gasteiger partial charge in [0.15, 0.2) is 0 Å². The number of hydrogen-bond acceptors (Lipinski definition) is 5. The standard InChI is InChI=1S/C13H20N4O2S2/c1-3-4-14-8-12-5-13(9-20-12)21(18,19)16-7-11-6-15-17-10(11)2/h5-6,9,14,16H,3-4,7-8H2,1-2H3,(H,15,17). The van der Waals surface area contributed by atoms with Crippen LogP contribution >= 0.6 is 11.3 Å². The van der Waals surface area contributed by atoms with Gasteiger partial charge in [-0.2, -0.15) is 5.10 Å². The summed E-state index contributed by atoms with van der Waals surface area (Å²) in [4.78, 5) is 1.34. The fourth-order valence-corrected chi connectivity index (χ4v) is 4.04. The Morgan fingerprint density at radius 3 is 2.86 bits per heavy atom. The molecule has 0 aliphatic rings. The van der Waals surface area contributed by atoms with Crippen LogP contribution in [0.1, 0.15) is 29.5 Å². The van der Waals surface area contributed by atoms with Gasteiger partial charge in [0.25, 0.3) is 0 Å². The molecular weight excluding hydrogens is 308 g/mol. The molecule has 0 aliphatic carbocycles. The zero-order chi connectivity index (χ0) is 15.3. The number of nitrogens with one attached hydrogen (secondary N) is 3. The monoisotopic (exact) mass is 328 g/mol. The molecule has 0 fully saturated rings. The van der Waals surface area contributed by atoms with Gasteiger partial charge in [-0.15, -0.1) is 11.3 Å². The van der Waals surface area contributed by atoms with Crippen molar-refractivity contribution in [2.24, 2.45) is 0 Å². The number of rotatable bonds is 8. The summed E-state index contributed by atoms with van der Waals surface area (Å²) < 4.78 is 27.1. The van der Waals surface area contributed by atoms with Crippen LogP contribution in [0, 0.1) is 6.92 Å². The number of aryl methyl sites for hydroxylation is 1. The number of H-pyrrole nitrogens is 1.